The molecular formula is C6H11O7S-. The lowest BCUT2D eigenvalue weighted by atomic mass is 10.0. The average molecular weight is 227 g/mol. The van der Waals surface area contributed by atoms with Gasteiger partial charge in [-0.2, -0.15) is 0 Å². The van der Waals surface area contributed by atoms with Gasteiger partial charge in [0.05, 0.1) is 6.10 Å². The second-order valence-electron chi connectivity index (χ2n) is 3.01. The fourth-order valence-electron chi connectivity index (χ4n) is 1.20. The summed E-state index contributed by atoms with van der Waals surface area (Å²) in [4.78, 5) is 0. The molecule has 14 heavy (non-hydrogen) atoms. The first-order chi connectivity index (χ1) is 6.43. The van der Waals surface area contributed by atoms with Crippen molar-refractivity contribution in [2.75, 3.05) is 5.75 Å². The zero-order valence-corrected chi connectivity index (χ0v) is 7.83. The normalized spacial score (nSPS) is 46.2. The van der Waals surface area contributed by atoms with E-state index >= 15 is 0 Å². The maximum Gasteiger partial charge on any atom is 0.183 e. The highest BCUT2D eigenvalue weighted by molar-refractivity contribution is 7.79. The van der Waals surface area contributed by atoms with E-state index < -0.39 is 47.5 Å². The molecule has 4 N–H and O–H groups in total. The maximum atomic E-state index is 10.3. The Balaban J connectivity index is 2.65. The molecule has 0 aromatic heterocycles. The van der Waals surface area contributed by atoms with Gasteiger partial charge >= 0.3 is 0 Å². The van der Waals surface area contributed by atoms with Crippen molar-refractivity contribution in [1.29, 1.82) is 0 Å². The van der Waals surface area contributed by atoms with Crippen LogP contribution in [-0.4, -0.2) is 65.6 Å². The lowest BCUT2D eigenvalue weighted by molar-refractivity contribution is -0.276. The Morgan fingerprint density at radius 2 is 1.71 bits per heavy atom. The molecule has 84 valence electrons. The van der Waals surface area contributed by atoms with Crippen molar-refractivity contribution >= 4 is 11.1 Å². The van der Waals surface area contributed by atoms with Gasteiger partial charge in [0.1, 0.15) is 18.3 Å². The van der Waals surface area contributed by atoms with Gasteiger partial charge in [0.15, 0.2) is 6.29 Å². The third-order valence-electron chi connectivity index (χ3n) is 1.99. The molecule has 1 aliphatic rings. The van der Waals surface area contributed by atoms with Gasteiger partial charge in [0, 0.05) is 5.75 Å². The van der Waals surface area contributed by atoms with Gasteiger partial charge in [-0.1, -0.05) is 11.1 Å². The lowest BCUT2D eigenvalue weighted by Crippen LogP contribution is -2.58. The van der Waals surface area contributed by atoms with E-state index in [1.807, 2.05) is 0 Å². The van der Waals surface area contributed by atoms with Crippen LogP contribution in [0.5, 0.6) is 0 Å². The molecule has 6 atom stereocenters. The van der Waals surface area contributed by atoms with E-state index in [2.05, 4.69) is 4.74 Å². The molecule has 8 heteroatoms. The van der Waals surface area contributed by atoms with Crippen molar-refractivity contribution in [2.24, 2.45) is 0 Å². The van der Waals surface area contributed by atoms with Gasteiger partial charge in [0.25, 0.3) is 0 Å². The Kier molecular flexibility index (Phi) is 3.95. The van der Waals surface area contributed by atoms with Crippen LogP contribution in [0, 0.1) is 0 Å². The molecule has 0 spiro atoms. The number of ether oxygens (including phenoxy) is 1. The predicted molar refractivity (Wildman–Crippen MR) is 42.7 cm³/mol. The largest absolute Gasteiger partial charge is 0.772 e. The Morgan fingerprint density at radius 3 is 2.21 bits per heavy atom. The second-order valence-corrected chi connectivity index (χ2v) is 3.95. The second kappa shape index (κ2) is 4.62. The Bertz CT molecular complexity index is 222. The van der Waals surface area contributed by atoms with Crippen molar-refractivity contribution in [3.8, 4) is 0 Å². The van der Waals surface area contributed by atoms with Crippen LogP contribution >= 0.6 is 0 Å². The van der Waals surface area contributed by atoms with Crippen LogP contribution in [-0.2, 0) is 15.8 Å². The first-order valence-corrected chi connectivity index (χ1v) is 5.11. The Labute approximate surface area is 82.2 Å². The van der Waals surface area contributed by atoms with E-state index in [0.29, 0.717) is 0 Å². The predicted octanol–water partition coefficient (Wildman–Crippen LogP) is -3.33. The van der Waals surface area contributed by atoms with Crippen LogP contribution in [0.4, 0.5) is 0 Å². The van der Waals surface area contributed by atoms with Crippen LogP contribution in [0.15, 0.2) is 0 Å². The molecule has 1 heterocycles. The van der Waals surface area contributed by atoms with Gasteiger partial charge < -0.3 is 29.7 Å². The monoisotopic (exact) mass is 227 g/mol. The van der Waals surface area contributed by atoms with Gasteiger partial charge in [-0.05, 0) is 0 Å². The summed E-state index contributed by atoms with van der Waals surface area (Å²) < 4.78 is 25.2. The molecule has 1 saturated heterocycles. The number of rotatable bonds is 2. The SMILES string of the molecule is O=S([O-])C[C@H]1OC(O)[C@H](O)[C@@H](O)[C@@H]1O. The maximum absolute atomic E-state index is 10.3. The fraction of sp³-hybridized carbons (Fsp3) is 1.00. The van der Waals surface area contributed by atoms with Crippen molar-refractivity contribution in [3.05, 3.63) is 0 Å². The molecule has 0 aliphatic carbocycles. The summed E-state index contributed by atoms with van der Waals surface area (Å²) in [6.45, 7) is 0. The number of hydrogen-bond donors (Lipinski definition) is 4. The molecule has 1 rings (SSSR count). The van der Waals surface area contributed by atoms with Crippen LogP contribution in [0.1, 0.15) is 0 Å². The van der Waals surface area contributed by atoms with Gasteiger partial charge in [0.2, 0.25) is 0 Å². The standard InChI is InChI=1S/C6H12O7S/c7-3-2(1-14(11)12)13-6(10)5(9)4(3)8/h2-10H,1H2,(H,11,12)/p-1/t2-,3-,4+,5-,6?/m1/s1. The molecule has 1 aliphatic heterocycles. The summed E-state index contributed by atoms with van der Waals surface area (Å²) in [5.74, 6) is -0.554. The summed E-state index contributed by atoms with van der Waals surface area (Å²) in [5.41, 5.74) is 0. The zero-order valence-electron chi connectivity index (χ0n) is 7.02. The molecule has 0 saturated carbocycles. The Morgan fingerprint density at radius 1 is 1.14 bits per heavy atom. The Hall–Kier alpha value is -0.0900. The highest BCUT2D eigenvalue weighted by Crippen LogP contribution is 2.20. The minimum atomic E-state index is -2.46. The van der Waals surface area contributed by atoms with Crippen molar-refractivity contribution in [2.45, 2.75) is 30.7 Å². The van der Waals surface area contributed by atoms with Crippen LogP contribution in [0.25, 0.3) is 0 Å². The molecule has 2 unspecified atom stereocenters. The van der Waals surface area contributed by atoms with E-state index in [9.17, 15) is 13.9 Å². The molecular weight excluding hydrogens is 216 g/mol. The number of aliphatic hydroxyl groups is 4. The van der Waals surface area contributed by atoms with Gasteiger partial charge in [-0.3, -0.25) is 4.21 Å². The number of aliphatic hydroxyl groups excluding tert-OH is 4. The molecule has 1 fully saturated rings. The summed E-state index contributed by atoms with van der Waals surface area (Å²) in [5, 5.41) is 36.4. The summed E-state index contributed by atoms with van der Waals surface area (Å²) in [6.07, 6.45) is -7.72. The van der Waals surface area contributed by atoms with Crippen LogP contribution < -0.4 is 0 Å². The molecule has 7 nitrogen and oxygen atoms in total. The third kappa shape index (κ3) is 2.48. The van der Waals surface area contributed by atoms with Crippen molar-refractivity contribution in [3.63, 3.8) is 0 Å². The van der Waals surface area contributed by atoms with Gasteiger partial charge in [-0.15, -0.1) is 0 Å². The summed E-state index contributed by atoms with van der Waals surface area (Å²) in [7, 11) is 0. The van der Waals surface area contributed by atoms with Crippen LogP contribution in [0.3, 0.4) is 0 Å². The summed E-state index contributed by atoms with van der Waals surface area (Å²) >= 11 is -2.46. The van der Waals surface area contributed by atoms with Crippen molar-refractivity contribution in [1.82, 2.24) is 0 Å². The molecule has 0 amide bonds. The highest BCUT2D eigenvalue weighted by atomic mass is 32.2. The lowest BCUT2D eigenvalue weighted by Gasteiger charge is -2.38. The quantitative estimate of drug-likeness (QED) is 0.363. The first-order valence-electron chi connectivity index (χ1n) is 3.87. The van der Waals surface area contributed by atoms with E-state index in [0.717, 1.165) is 0 Å². The topological polar surface area (TPSA) is 130 Å². The first kappa shape index (κ1) is 12.0. The molecule has 0 aromatic rings. The van der Waals surface area contributed by atoms with E-state index in [-0.39, 0.29) is 0 Å². The van der Waals surface area contributed by atoms with Crippen LogP contribution in [0.2, 0.25) is 0 Å². The minimum Gasteiger partial charge on any atom is -0.772 e. The number of hydrogen-bond acceptors (Lipinski definition) is 7. The molecule has 0 aromatic carbocycles. The minimum absolute atomic E-state index is 0.554. The molecule has 0 bridgehead atoms. The van der Waals surface area contributed by atoms with E-state index in [1.165, 1.54) is 0 Å². The van der Waals surface area contributed by atoms with E-state index in [4.69, 9.17) is 15.3 Å². The van der Waals surface area contributed by atoms with Gasteiger partial charge in [-0.25, -0.2) is 0 Å². The summed E-state index contributed by atoms with van der Waals surface area (Å²) in [6, 6.07) is 0. The fourth-order valence-corrected chi connectivity index (χ4v) is 1.75. The zero-order chi connectivity index (χ0) is 10.9. The molecule has 0 radical (unpaired) electrons. The van der Waals surface area contributed by atoms with E-state index in [1.54, 1.807) is 0 Å². The highest BCUT2D eigenvalue weighted by Gasteiger charge is 2.42. The smallest absolute Gasteiger partial charge is 0.183 e. The third-order valence-corrected chi connectivity index (χ3v) is 2.59. The van der Waals surface area contributed by atoms with Crippen molar-refractivity contribution < 1.29 is 33.9 Å². The average Bonchev–Trinajstić information content (AvgIpc) is 2.10.